The molecule has 10 heteroatoms. The predicted octanol–water partition coefficient (Wildman–Crippen LogP) is 2.38. The zero-order valence-corrected chi connectivity index (χ0v) is 17.2. The number of carbonyl (C=O) groups is 1. The average Bonchev–Trinajstić information content (AvgIpc) is 2.74. The van der Waals surface area contributed by atoms with Gasteiger partial charge >= 0.3 is 6.09 Å². The molecule has 1 amide bonds. The lowest BCUT2D eigenvalue weighted by molar-refractivity contribution is 0.0852. The van der Waals surface area contributed by atoms with Crippen molar-refractivity contribution in [2.75, 3.05) is 32.1 Å². The fourth-order valence-corrected chi connectivity index (χ4v) is 3.31. The van der Waals surface area contributed by atoms with Crippen molar-refractivity contribution in [2.24, 2.45) is 0 Å². The molecular weight excluding hydrogens is 390 g/mol. The molecule has 0 aromatic carbocycles. The molecule has 1 fully saturated rings. The maximum absolute atomic E-state index is 11.1. The second-order valence-corrected chi connectivity index (χ2v) is 7.04. The number of rotatable bonds is 8. The van der Waals surface area contributed by atoms with Gasteiger partial charge in [-0.25, -0.2) is 9.78 Å². The number of ether oxygens (including phenoxy) is 2. The van der Waals surface area contributed by atoms with E-state index in [-0.39, 0.29) is 12.7 Å². The molecule has 0 bridgehead atoms. The normalized spacial score (nSPS) is 14.4. The Hall–Kier alpha value is -3.14. The number of hydrogen-bond acceptors (Lipinski definition) is 8. The van der Waals surface area contributed by atoms with Crippen molar-refractivity contribution in [1.29, 1.82) is 0 Å². The molecule has 0 spiro atoms. The zero-order chi connectivity index (χ0) is 21.5. The van der Waals surface area contributed by atoms with Gasteiger partial charge in [0.25, 0.3) is 5.88 Å². The zero-order valence-electron chi connectivity index (χ0n) is 17.2. The number of piperidine rings is 1. The van der Waals surface area contributed by atoms with Gasteiger partial charge in [-0.15, -0.1) is 0 Å². The number of aryl methyl sites for hydroxylation is 2. The number of carboxylic acid groups (broad SMARTS) is 1. The molecule has 0 radical (unpaired) electrons. The van der Waals surface area contributed by atoms with E-state index in [2.05, 4.69) is 20.3 Å². The summed E-state index contributed by atoms with van der Waals surface area (Å²) in [5.41, 5.74) is 2.49. The third-order valence-electron chi connectivity index (χ3n) is 4.95. The fraction of sp³-hybridized carbons (Fsp3) is 0.500. The first-order chi connectivity index (χ1) is 14.5. The third kappa shape index (κ3) is 5.26. The smallest absolute Gasteiger partial charge is 0.407 e. The Morgan fingerprint density at radius 1 is 1.30 bits per heavy atom. The lowest BCUT2D eigenvalue weighted by atomic mass is 10.1. The second kappa shape index (κ2) is 10.1. The fourth-order valence-electron chi connectivity index (χ4n) is 3.31. The summed E-state index contributed by atoms with van der Waals surface area (Å²) < 4.78 is 11.5. The van der Waals surface area contributed by atoms with Gasteiger partial charge in [0, 0.05) is 38.2 Å². The Bertz CT molecular complexity index is 871. The largest absolute Gasteiger partial charge is 0.489 e. The first-order valence-corrected chi connectivity index (χ1v) is 9.89. The van der Waals surface area contributed by atoms with E-state index in [0.717, 1.165) is 17.1 Å². The second-order valence-electron chi connectivity index (χ2n) is 7.04. The SMILES string of the molecule is COc1c(Nc2ccc(CCCO)nc2C)ncnc1OC1CCN(C(=O)O)CC1. The minimum atomic E-state index is -0.911. The molecule has 2 aromatic heterocycles. The highest BCUT2D eigenvalue weighted by Crippen LogP contribution is 2.35. The van der Waals surface area contributed by atoms with Gasteiger partial charge < -0.3 is 29.9 Å². The lowest BCUT2D eigenvalue weighted by Crippen LogP contribution is -2.41. The van der Waals surface area contributed by atoms with Crippen LogP contribution in [0.5, 0.6) is 11.6 Å². The molecule has 2 aromatic rings. The highest BCUT2D eigenvalue weighted by atomic mass is 16.5. The summed E-state index contributed by atoms with van der Waals surface area (Å²) in [5, 5.41) is 21.3. The summed E-state index contributed by atoms with van der Waals surface area (Å²) in [7, 11) is 1.52. The first kappa shape index (κ1) is 21.6. The van der Waals surface area contributed by atoms with Crippen molar-refractivity contribution < 1.29 is 24.5 Å². The van der Waals surface area contributed by atoms with Gasteiger partial charge in [-0.1, -0.05) is 0 Å². The quantitative estimate of drug-likeness (QED) is 0.592. The topological polar surface area (TPSA) is 130 Å². The molecule has 0 unspecified atom stereocenters. The molecule has 3 N–H and O–H groups in total. The van der Waals surface area contributed by atoms with E-state index in [9.17, 15) is 4.79 Å². The minimum Gasteiger partial charge on any atom is -0.489 e. The van der Waals surface area contributed by atoms with Gasteiger partial charge in [-0.3, -0.25) is 4.98 Å². The standard InChI is InChI=1S/C20H27N5O5/c1-13-16(6-5-14(23-13)4-3-11-26)24-18-17(29-2)19(22-12-21-18)30-15-7-9-25(10-8-15)20(27)28/h5-6,12,15,26H,3-4,7-11H2,1-2H3,(H,27,28)(H,21,22,24). The first-order valence-electron chi connectivity index (χ1n) is 9.89. The summed E-state index contributed by atoms with van der Waals surface area (Å²) in [4.78, 5) is 25.5. The number of methoxy groups -OCH3 is 1. The van der Waals surface area contributed by atoms with Crippen LogP contribution in [0.4, 0.5) is 16.3 Å². The Morgan fingerprint density at radius 2 is 2.07 bits per heavy atom. The van der Waals surface area contributed by atoms with Crippen LogP contribution in [0.1, 0.15) is 30.7 Å². The van der Waals surface area contributed by atoms with Gasteiger partial charge in [0.2, 0.25) is 5.75 Å². The van der Waals surface area contributed by atoms with Crippen LogP contribution in [-0.2, 0) is 6.42 Å². The molecule has 10 nitrogen and oxygen atoms in total. The van der Waals surface area contributed by atoms with Gasteiger partial charge in [0.1, 0.15) is 12.4 Å². The van der Waals surface area contributed by atoms with Gasteiger partial charge in [0.15, 0.2) is 5.82 Å². The average molecular weight is 417 g/mol. The van der Waals surface area contributed by atoms with E-state index < -0.39 is 6.09 Å². The molecule has 0 atom stereocenters. The summed E-state index contributed by atoms with van der Waals surface area (Å²) in [5.74, 6) is 1.15. The van der Waals surface area contributed by atoms with Gasteiger partial charge in [0.05, 0.1) is 18.5 Å². The summed E-state index contributed by atoms with van der Waals surface area (Å²) in [6, 6.07) is 3.82. The van der Waals surface area contributed by atoms with Crippen LogP contribution in [0.2, 0.25) is 0 Å². The Kier molecular flexibility index (Phi) is 7.23. The minimum absolute atomic E-state index is 0.136. The van der Waals surface area contributed by atoms with Crippen molar-refractivity contribution in [3.05, 3.63) is 29.8 Å². The molecule has 3 heterocycles. The van der Waals surface area contributed by atoms with Crippen LogP contribution in [0.3, 0.4) is 0 Å². The van der Waals surface area contributed by atoms with E-state index >= 15 is 0 Å². The van der Waals surface area contributed by atoms with Crippen molar-refractivity contribution in [3.8, 4) is 11.6 Å². The number of anilines is 2. The highest BCUT2D eigenvalue weighted by molar-refractivity contribution is 5.66. The van der Waals surface area contributed by atoms with E-state index in [0.29, 0.717) is 56.2 Å². The van der Waals surface area contributed by atoms with E-state index in [1.807, 2.05) is 19.1 Å². The Balaban J connectivity index is 1.72. The van der Waals surface area contributed by atoms with E-state index in [4.69, 9.17) is 19.7 Å². The monoisotopic (exact) mass is 417 g/mol. The van der Waals surface area contributed by atoms with E-state index in [1.165, 1.54) is 18.3 Å². The van der Waals surface area contributed by atoms with Crippen LogP contribution in [0, 0.1) is 6.92 Å². The van der Waals surface area contributed by atoms with Crippen LogP contribution in [-0.4, -0.2) is 69.1 Å². The van der Waals surface area contributed by atoms with Crippen LogP contribution in [0.25, 0.3) is 0 Å². The molecule has 1 aliphatic heterocycles. The molecule has 30 heavy (non-hydrogen) atoms. The number of aliphatic hydroxyl groups excluding tert-OH is 1. The number of nitrogens with one attached hydrogen (secondary N) is 1. The van der Waals surface area contributed by atoms with Crippen molar-refractivity contribution in [2.45, 2.75) is 38.7 Å². The predicted molar refractivity (Wildman–Crippen MR) is 109 cm³/mol. The number of likely N-dealkylation sites (tertiary alicyclic amines) is 1. The molecule has 3 rings (SSSR count). The molecule has 162 valence electrons. The Labute approximate surface area is 174 Å². The maximum Gasteiger partial charge on any atom is 0.407 e. The summed E-state index contributed by atoms with van der Waals surface area (Å²) in [6.45, 7) is 2.88. The number of nitrogens with zero attached hydrogens (tertiary/aromatic N) is 4. The number of aromatic nitrogens is 3. The third-order valence-corrected chi connectivity index (χ3v) is 4.95. The van der Waals surface area contributed by atoms with Gasteiger partial charge in [-0.05, 0) is 31.9 Å². The molecular formula is C20H27N5O5. The summed E-state index contributed by atoms with van der Waals surface area (Å²) in [6.07, 6.45) is 2.89. The van der Waals surface area contributed by atoms with Crippen molar-refractivity contribution in [1.82, 2.24) is 19.9 Å². The van der Waals surface area contributed by atoms with Crippen molar-refractivity contribution >= 4 is 17.6 Å². The number of aliphatic hydroxyl groups is 1. The number of pyridine rings is 1. The summed E-state index contributed by atoms with van der Waals surface area (Å²) >= 11 is 0. The van der Waals surface area contributed by atoms with Gasteiger partial charge in [-0.2, -0.15) is 4.98 Å². The van der Waals surface area contributed by atoms with Crippen molar-refractivity contribution in [3.63, 3.8) is 0 Å². The maximum atomic E-state index is 11.1. The number of amides is 1. The molecule has 0 saturated carbocycles. The lowest BCUT2D eigenvalue weighted by Gasteiger charge is -2.30. The van der Waals surface area contributed by atoms with E-state index in [1.54, 1.807) is 0 Å². The number of hydrogen-bond donors (Lipinski definition) is 3. The molecule has 1 aliphatic rings. The van der Waals surface area contributed by atoms with Crippen LogP contribution < -0.4 is 14.8 Å². The van der Waals surface area contributed by atoms with Crippen LogP contribution >= 0.6 is 0 Å². The highest BCUT2D eigenvalue weighted by Gasteiger charge is 2.25. The molecule has 0 aliphatic carbocycles. The Morgan fingerprint density at radius 3 is 2.70 bits per heavy atom. The molecule has 1 saturated heterocycles. The van der Waals surface area contributed by atoms with Crippen LogP contribution in [0.15, 0.2) is 18.5 Å².